The van der Waals surface area contributed by atoms with E-state index in [0.29, 0.717) is 0 Å². The highest BCUT2D eigenvalue weighted by atomic mass is 32.2. The predicted octanol–water partition coefficient (Wildman–Crippen LogP) is 4.52. The molecule has 0 radical (unpaired) electrons. The van der Waals surface area contributed by atoms with Crippen LogP contribution in [0, 0.1) is 0 Å². The third kappa shape index (κ3) is 2.65. The number of aromatic nitrogens is 1. The van der Waals surface area contributed by atoms with E-state index in [1.165, 1.54) is 33.0 Å². The summed E-state index contributed by atoms with van der Waals surface area (Å²) >= 11 is 3.79. The Kier molecular flexibility index (Phi) is 3.57. The van der Waals surface area contributed by atoms with Crippen LogP contribution in [0.5, 0.6) is 0 Å². The molecule has 0 saturated carbocycles. The van der Waals surface area contributed by atoms with Gasteiger partial charge in [-0.1, -0.05) is 36.4 Å². The van der Waals surface area contributed by atoms with E-state index in [1.807, 2.05) is 11.8 Å². The molecule has 0 atom stereocenters. The maximum atomic E-state index is 4.85. The highest BCUT2D eigenvalue weighted by molar-refractivity contribution is 7.99. The van der Waals surface area contributed by atoms with Crippen molar-refractivity contribution < 1.29 is 0 Å². The first kappa shape index (κ1) is 13.2. The van der Waals surface area contributed by atoms with Crippen LogP contribution < -0.4 is 4.90 Å². The lowest BCUT2D eigenvalue weighted by molar-refractivity contribution is 0.853. The summed E-state index contributed by atoms with van der Waals surface area (Å²) in [6.07, 6.45) is 0. The van der Waals surface area contributed by atoms with E-state index >= 15 is 0 Å². The van der Waals surface area contributed by atoms with Crippen molar-refractivity contribution in [2.75, 3.05) is 29.5 Å². The Morgan fingerprint density at radius 1 is 0.952 bits per heavy atom. The van der Waals surface area contributed by atoms with Crippen LogP contribution in [0.15, 0.2) is 47.8 Å². The topological polar surface area (TPSA) is 16.1 Å². The Hall–Kier alpha value is -1.52. The molecule has 4 heteroatoms. The summed E-state index contributed by atoms with van der Waals surface area (Å²) in [6.45, 7) is 2.24. The average molecular weight is 312 g/mol. The fraction of sp³-hybridized carbons (Fsp3) is 0.235. The molecule has 21 heavy (non-hydrogen) atoms. The van der Waals surface area contributed by atoms with Gasteiger partial charge in [0.05, 0.1) is 5.69 Å². The van der Waals surface area contributed by atoms with Gasteiger partial charge in [-0.2, -0.15) is 11.8 Å². The van der Waals surface area contributed by atoms with Crippen LogP contribution in [-0.4, -0.2) is 29.6 Å². The monoisotopic (exact) mass is 312 g/mol. The van der Waals surface area contributed by atoms with Crippen molar-refractivity contribution >= 4 is 39.0 Å². The standard InChI is InChI=1S/C17H16N2S2/c1-2-4-14-11-15(6-5-13(14)3-1)16-12-21-17(18-16)19-7-9-20-10-8-19/h1-6,11-12H,7-10H2. The van der Waals surface area contributed by atoms with E-state index in [0.717, 1.165) is 18.8 Å². The number of hydrogen-bond acceptors (Lipinski definition) is 4. The van der Waals surface area contributed by atoms with Crippen molar-refractivity contribution in [3.05, 3.63) is 47.8 Å². The highest BCUT2D eigenvalue weighted by Gasteiger charge is 2.15. The molecule has 2 heterocycles. The van der Waals surface area contributed by atoms with Crippen molar-refractivity contribution in [1.82, 2.24) is 4.98 Å². The number of anilines is 1. The molecule has 1 fully saturated rings. The maximum Gasteiger partial charge on any atom is 0.185 e. The number of nitrogens with zero attached hydrogens (tertiary/aromatic N) is 2. The second-order valence-electron chi connectivity index (χ2n) is 5.18. The molecule has 4 rings (SSSR count). The van der Waals surface area contributed by atoms with E-state index in [1.54, 1.807) is 11.3 Å². The van der Waals surface area contributed by atoms with Crippen molar-refractivity contribution in [1.29, 1.82) is 0 Å². The van der Waals surface area contributed by atoms with Gasteiger partial charge in [0.25, 0.3) is 0 Å². The predicted molar refractivity (Wildman–Crippen MR) is 94.6 cm³/mol. The first-order valence-electron chi connectivity index (χ1n) is 7.17. The number of hydrogen-bond donors (Lipinski definition) is 0. The summed E-state index contributed by atoms with van der Waals surface area (Å²) in [5.74, 6) is 2.43. The van der Waals surface area contributed by atoms with Gasteiger partial charge in [0.15, 0.2) is 5.13 Å². The van der Waals surface area contributed by atoms with Gasteiger partial charge in [0.1, 0.15) is 0 Å². The fourth-order valence-electron chi connectivity index (χ4n) is 2.65. The van der Waals surface area contributed by atoms with Crippen LogP contribution in [0.4, 0.5) is 5.13 Å². The Balaban J connectivity index is 1.67. The summed E-state index contributed by atoms with van der Waals surface area (Å²) in [5, 5.41) is 5.91. The van der Waals surface area contributed by atoms with Crippen molar-refractivity contribution in [3.8, 4) is 11.3 Å². The molecule has 2 aromatic carbocycles. The number of thiazole rings is 1. The zero-order valence-electron chi connectivity index (χ0n) is 11.7. The largest absolute Gasteiger partial charge is 0.346 e. The van der Waals surface area contributed by atoms with Gasteiger partial charge in [-0.05, 0) is 16.8 Å². The molecule has 1 aliphatic heterocycles. The Morgan fingerprint density at radius 3 is 2.62 bits per heavy atom. The lowest BCUT2D eigenvalue weighted by Gasteiger charge is -2.25. The van der Waals surface area contributed by atoms with E-state index in [9.17, 15) is 0 Å². The van der Waals surface area contributed by atoms with Gasteiger partial charge in [0.2, 0.25) is 0 Å². The van der Waals surface area contributed by atoms with Crippen LogP contribution in [0.1, 0.15) is 0 Å². The summed E-state index contributed by atoms with van der Waals surface area (Å²) in [6, 6.07) is 15.1. The first-order chi connectivity index (χ1) is 10.4. The van der Waals surface area contributed by atoms with Crippen LogP contribution in [0.25, 0.3) is 22.0 Å². The second-order valence-corrected chi connectivity index (χ2v) is 7.24. The van der Waals surface area contributed by atoms with Gasteiger partial charge in [0, 0.05) is 35.5 Å². The Morgan fingerprint density at radius 2 is 1.76 bits per heavy atom. The molecular formula is C17H16N2S2. The minimum atomic E-state index is 1.10. The minimum absolute atomic E-state index is 1.10. The summed E-state index contributed by atoms with van der Waals surface area (Å²) in [5.41, 5.74) is 2.31. The summed E-state index contributed by atoms with van der Waals surface area (Å²) in [7, 11) is 0. The lowest BCUT2D eigenvalue weighted by Crippen LogP contribution is -2.32. The summed E-state index contributed by atoms with van der Waals surface area (Å²) < 4.78 is 0. The molecule has 0 aliphatic carbocycles. The van der Waals surface area contributed by atoms with Crippen LogP contribution in [0.3, 0.4) is 0 Å². The third-order valence-corrected chi connectivity index (χ3v) is 5.66. The molecule has 0 N–H and O–H groups in total. The molecule has 1 aromatic heterocycles. The smallest absolute Gasteiger partial charge is 0.185 e. The molecule has 0 spiro atoms. The SMILES string of the molecule is c1ccc2cc(-c3csc(N4CCSCC4)n3)ccc2c1. The lowest BCUT2D eigenvalue weighted by atomic mass is 10.1. The molecule has 0 bridgehead atoms. The van der Waals surface area contributed by atoms with Gasteiger partial charge in [-0.25, -0.2) is 4.98 Å². The Bertz CT molecular complexity index is 760. The van der Waals surface area contributed by atoms with E-state index < -0.39 is 0 Å². The first-order valence-corrected chi connectivity index (χ1v) is 9.21. The van der Waals surface area contributed by atoms with Gasteiger partial charge >= 0.3 is 0 Å². The number of thioether (sulfide) groups is 1. The van der Waals surface area contributed by atoms with E-state index in [2.05, 4.69) is 52.7 Å². The number of fused-ring (bicyclic) bond motifs is 1. The average Bonchev–Trinajstić information content (AvgIpc) is 3.05. The molecular weight excluding hydrogens is 296 g/mol. The second kappa shape index (κ2) is 5.70. The summed E-state index contributed by atoms with van der Waals surface area (Å²) in [4.78, 5) is 7.25. The molecule has 2 nitrogen and oxygen atoms in total. The van der Waals surface area contributed by atoms with Crippen LogP contribution in [-0.2, 0) is 0 Å². The van der Waals surface area contributed by atoms with Crippen molar-refractivity contribution in [3.63, 3.8) is 0 Å². The highest BCUT2D eigenvalue weighted by Crippen LogP contribution is 2.30. The fourth-order valence-corrected chi connectivity index (χ4v) is 4.44. The number of benzene rings is 2. The molecule has 1 aliphatic rings. The molecule has 106 valence electrons. The van der Waals surface area contributed by atoms with Crippen LogP contribution in [0.2, 0.25) is 0 Å². The zero-order chi connectivity index (χ0) is 14.1. The maximum absolute atomic E-state index is 4.85. The van der Waals surface area contributed by atoms with Crippen molar-refractivity contribution in [2.45, 2.75) is 0 Å². The number of rotatable bonds is 2. The molecule has 3 aromatic rings. The molecule has 0 amide bonds. The van der Waals surface area contributed by atoms with Crippen molar-refractivity contribution in [2.24, 2.45) is 0 Å². The molecule has 1 saturated heterocycles. The van der Waals surface area contributed by atoms with E-state index in [-0.39, 0.29) is 0 Å². The quantitative estimate of drug-likeness (QED) is 0.692. The zero-order valence-corrected chi connectivity index (χ0v) is 13.3. The molecule has 0 unspecified atom stereocenters. The van der Waals surface area contributed by atoms with Gasteiger partial charge in [-0.15, -0.1) is 11.3 Å². The normalized spacial score (nSPS) is 15.5. The third-order valence-electron chi connectivity index (χ3n) is 3.82. The minimum Gasteiger partial charge on any atom is -0.346 e. The Labute approximate surface area is 132 Å². The van der Waals surface area contributed by atoms with Crippen LogP contribution >= 0.6 is 23.1 Å². The van der Waals surface area contributed by atoms with Gasteiger partial charge < -0.3 is 4.90 Å². The van der Waals surface area contributed by atoms with Gasteiger partial charge in [-0.3, -0.25) is 0 Å². The van der Waals surface area contributed by atoms with E-state index in [4.69, 9.17) is 4.98 Å².